The van der Waals surface area contributed by atoms with Gasteiger partial charge in [-0.3, -0.25) is 9.97 Å². The van der Waals surface area contributed by atoms with E-state index in [4.69, 9.17) is 32.7 Å². The van der Waals surface area contributed by atoms with E-state index >= 15 is 0 Å². The highest BCUT2D eigenvalue weighted by molar-refractivity contribution is 6.30. The van der Waals surface area contributed by atoms with Crippen molar-refractivity contribution in [3.8, 4) is 5.75 Å². The minimum absolute atomic E-state index is 0.0289. The zero-order valence-electron chi connectivity index (χ0n) is 28.8. The molecule has 51 heavy (non-hydrogen) atoms. The molecule has 13 heteroatoms. The molecule has 0 aliphatic carbocycles. The van der Waals surface area contributed by atoms with Crippen LogP contribution in [0.25, 0.3) is 0 Å². The normalized spacial score (nSPS) is 17.7. The molecular formula is C38H42Cl2F4N4O3. The SMILES string of the molecule is CN1CCC(OC(c2ccc(Cl)cc2)c2ccc(Cl)cn2)CC1.Cc1ccnc(C(OC2CCN(C)CC2)c2cc(OC(F)(F)F)ccc2F)c1. The molecule has 274 valence electrons. The monoisotopic (exact) mass is 748 g/mol. The summed E-state index contributed by atoms with van der Waals surface area (Å²) in [7, 11) is 4.15. The van der Waals surface area contributed by atoms with Crippen molar-refractivity contribution >= 4 is 23.2 Å². The highest BCUT2D eigenvalue weighted by Gasteiger charge is 2.33. The van der Waals surface area contributed by atoms with Crippen molar-refractivity contribution in [3.05, 3.63) is 123 Å². The highest BCUT2D eigenvalue weighted by atomic mass is 35.5. The van der Waals surface area contributed by atoms with Crippen LogP contribution < -0.4 is 4.74 Å². The number of rotatable bonds is 9. The Bertz CT molecular complexity index is 1640. The first kappa shape index (κ1) is 38.9. The van der Waals surface area contributed by atoms with Gasteiger partial charge in [0.15, 0.2) is 0 Å². The Morgan fingerprint density at radius 3 is 1.86 bits per heavy atom. The summed E-state index contributed by atoms with van der Waals surface area (Å²) in [5, 5.41) is 1.35. The molecule has 2 atom stereocenters. The molecule has 2 unspecified atom stereocenters. The Morgan fingerprint density at radius 2 is 1.31 bits per heavy atom. The summed E-state index contributed by atoms with van der Waals surface area (Å²) in [6.45, 7) is 5.64. The minimum Gasteiger partial charge on any atom is -0.406 e. The lowest BCUT2D eigenvalue weighted by Gasteiger charge is -2.32. The number of benzene rings is 2. The van der Waals surface area contributed by atoms with Crippen molar-refractivity contribution in [2.24, 2.45) is 0 Å². The molecular weight excluding hydrogens is 707 g/mol. The number of likely N-dealkylation sites (tertiary alicyclic amines) is 2. The van der Waals surface area contributed by atoms with Crippen molar-refractivity contribution in [1.29, 1.82) is 0 Å². The summed E-state index contributed by atoms with van der Waals surface area (Å²) in [6, 6.07) is 18.0. The molecule has 7 nitrogen and oxygen atoms in total. The summed E-state index contributed by atoms with van der Waals surface area (Å²) in [6.07, 6.45) is 0.922. The molecule has 2 aliphatic heterocycles. The first-order chi connectivity index (χ1) is 24.3. The molecule has 0 saturated carbocycles. The molecule has 2 fully saturated rings. The quantitative estimate of drug-likeness (QED) is 0.158. The Morgan fingerprint density at radius 1 is 0.725 bits per heavy atom. The lowest BCUT2D eigenvalue weighted by atomic mass is 10.0. The van der Waals surface area contributed by atoms with Gasteiger partial charge < -0.3 is 24.0 Å². The molecule has 6 rings (SSSR count). The average molecular weight is 750 g/mol. The fraction of sp³-hybridized carbons (Fsp3) is 0.421. The summed E-state index contributed by atoms with van der Waals surface area (Å²) >= 11 is 12.0. The number of alkyl halides is 3. The fourth-order valence-electron chi connectivity index (χ4n) is 6.05. The molecule has 2 saturated heterocycles. The number of pyridine rings is 2. The van der Waals surface area contributed by atoms with Crippen LogP contribution in [0, 0.1) is 12.7 Å². The summed E-state index contributed by atoms with van der Waals surface area (Å²) < 4.78 is 68.9. The highest BCUT2D eigenvalue weighted by Crippen LogP contribution is 2.35. The number of aryl methyl sites for hydroxylation is 1. The summed E-state index contributed by atoms with van der Waals surface area (Å²) in [5.41, 5.74) is 3.24. The number of hydrogen-bond donors (Lipinski definition) is 0. The second-order valence-corrected chi connectivity index (χ2v) is 13.9. The van der Waals surface area contributed by atoms with Crippen molar-refractivity contribution < 1.29 is 31.8 Å². The molecule has 2 aromatic carbocycles. The minimum atomic E-state index is -4.86. The Hall–Kier alpha value is -3.32. The van der Waals surface area contributed by atoms with E-state index in [1.165, 1.54) is 0 Å². The molecule has 2 aromatic heterocycles. The van der Waals surface area contributed by atoms with Gasteiger partial charge in [-0.1, -0.05) is 35.3 Å². The van der Waals surface area contributed by atoms with Crippen LogP contribution in [0.1, 0.15) is 66.0 Å². The van der Waals surface area contributed by atoms with Crippen LogP contribution in [0.15, 0.2) is 79.1 Å². The van der Waals surface area contributed by atoms with E-state index in [1.54, 1.807) is 24.5 Å². The zero-order valence-corrected chi connectivity index (χ0v) is 30.3. The first-order valence-corrected chi connectivity index (χ1v) is 17.6. The maximum Gasteiger partial charge on any atom is 0.573 e. The molecule has 4 heterocycles. The van der Waals surface area contributed by atoms with E-state index in [2.05, 4.69) is 31.6 Å². The zero-order chi connectivity index (χ0) is 36.5. The van der Waals surface area contributed by atoms with E-state index in [0.29, 0.717) is 10.7 Å². The van der Waals surface area contributed by atoms with Crippen molar-refractivity contribution in [2.75, 3.05) is 40.3 Å². The molecule has 0 amide bonds. The molecule has 2 aliphatic rings. The Labute approximate surface area is 306 Å². The van der Waals surface area contributed by atoms with Gasteiger partial charge in [0.05, 0.1) is 28.6 Å². The van der Waals surface area contributed by atoms with Crippen molar-refractivity contribution in [1.82, 2.24) is 19.8 Å². The first-order valence-electron chi connectivity index (χ1n) is 16.9. The van der Waals surface area contributed by atoms with Gasteiger partial charge in [-0.25, -0.2) is 4.39 Å². The second kappa shape index (κ2) is 17.9. The summed E-state index contributed by atoms with van der Waals surface area (Å²) in [4.78, 5) is 13.2. The lowest BCUT2D eigenvalue weighted by molar-refractivity contribution is -0.274. The van der Waals surface area contributed by atoms with Gasteiger partial charge in [0.25, 0.3) is 0 Å². The van der Waals surface area contributed by atoms with Gasteiger partial charge in [0.1, 0.15) is 23.8 Å². The Balaban J connectivity index is 0.000000201. The number of aromatic nitrogens is 2. The van der Waals surface area contributed by atoms with Crippen LogP contribution >= 0.6 is 23.2 Å². The standard InChI is InChI=1S/C20H22F4N2O2.C18H20Cl2N2O/c1-13-5-8-25-18(11-13)19(27-14-6-9-26(2)10-7-14)16-12-15(3-4-17(16)21)28-20(22,23)24;1-22-10-8-16(9-11-22)23-18(13-2-4-14(19)5-3-13)17-7-6-15(20)12-21-17/h3-5,8,11-12,14,19H,6-7,9-10H2,1-2H3;2-7,12,16,18H,8-11H2,1H3. The average Bonchev–Trinajstić information content (AvgIpc) is 3.09. The maximum absolute atomic E-state index is 14.6. The molecule has 0 spiro atoms. The smallest absolute Gasteiger partial charge is 0.406 e. The van der Waals surface area contributed by atoms with Gasteiger partial charge in [0, 0.05) is 49.2 Å². The number of ether oxygens (including phenoxy) is 3. The molecule has 0 bridgehead atoms. The number of nitrogens with zero attached hydrogens (tertiary/aromatic N) is 4. The van der Waals surface area contributed by atoms with Gasteiger partial charge in [0.2, 0.25) is 0 Å². The number of piperidine rings is 2. The van der Waals surface area contributed by atoms with E-state index in [9.17, 15) is 17.6 Å². The topological polar surface area (TPSA) is 60.0 Å². The molecule has 0 radical (unpaired) electrons. The summed E-state index contributed by atoms with van der Waals surface area (Å²) in [5.74, 6) is -1.16. The van der Waals surface area contributed by atoms with Gasteiger partial charge >= 0.3 is 6.36 Å². The van der Waals surface area contributed by atoms with Crippen LogP contribution in [0.5, 0.6) is 5.75 Å². The predicted octanol–water partition coefficient (Wildman–Crippen LogP) is 9.22. The van der Waals surface area contributed by atoms with Gasteiger partial charge in [-0.2, -0.15) is 0 Å². The van der Waals surface area contributed by atoms with Gasteiger partial charge in [-0.15, -0.1) is 13.2 Å². The van der Waals surface area contributed by atoms with Crippen LogP contribution in [0.4, 0.5) is 17.6 Å². The van der Waals surface area contributed by atoms with Crippen molar-refractivity contribution in [2.45, 2.75) is 63.4 Å². The van der Waals surface area contributed by atoms with E-state index in [1.807, 2.05) is 50.4 Å². The van der Waals surface area contributed by atoms with Crippen LogP contribution in [-0.4, -0.2) is 78.6 Å². The van der Waals surface area contributed by atoms with Crippen LogP contribution in [0.3, 0.4) is 0 Å². The fourth-order valence-corrected chi connectivity index (χ4v) is 6.29. The van der Waals surface area contributed by atoms with E-state index in [-0.39, 0.29) is 23.9 Å². The van der Waals surface area contributed by atoms with Crippen molar-refractivity contribution in [3.63, 3.8) is 0 Å². The third kappa shape index (κ3) is 11.8. The third-order valence-corrected chi connectivity index (χ3v) is 9.34. The third-order valence-electron chi connectivity index (χ3n) is 8.87. The maximum atomic E-state index is 14.6. The van der Waals surface area contributed by atoms with Crippen LogP contribution in [0.2, 0.25) is 10.0 Å². The lowest BCUT2D eigenvalue weighted by Crippen LogP contribution is -2.35. The predicted molar refractivity (Wildman–Crippen MR) is 190 cm³/mol. The van der Waals surface area contributed by atoms with Crippen LogP contribution in [-0.2, 0) is 9.47 Å². The second-order valence-electron chi connectivity index (χ2n) is 13.0. The van der Waals surface area contributed by atoms with E-state index < -0.39 is 24.0 Å². The number of halogens is 6. The van der Waals surface area contributed by atoms with E-state index in [0.717, 1.165) is 91.9 Å². The number of hydrogen-bond acceptors (Lipinski definition) is 7. The van der Waals surface area contributed by atoms with Gasteiger partial charge in [-0.05, 0) is 112 Å². The molecule has 4 aromatic rings. The molecule has 0 N–H and O–H groups in total. The Kier molecular flexibility index (Phi) is 13.7. The largest absolute Gasteiger partial charge is 0.573 e.